The summed E-state index contributed by atoms with van der Waals surface area (Å²) < 4.78 is 17.7. The lowest BCUT2D eigenvalue weighted by molar-refractivity contribution is -0.136. The van der Waals surface area contributed by atoms with Gasteiger partial charge in [-0.25, -0.2) is 19.3 Å². The molecule has 2 atom stereocenters. The minimum atomic E-state index is -0.983. The summed E-state index contributed by atoms with van der Waals surface area (Å²) in [5, 5.41) is 5.31. The number of nitrogens with one attached hydrogen (secondary N) is 2. The topological polar surface area (TPSA) is 195 Å². The number of aromatic nitrogens is 4. The number of nitrogens with two attached hydrogens (primary N) is 1. The summed E-state index contributed by atoms with van der Waals surface area (Å²) in [7, 11) is 0. The van der Waals surface area contributed by atoms with Crippen molar-refractivity contribution in [1.82, 2.24) is 39.4 Å². The number of pyridine rings is 1. The molecule has 5 aromatic rings. The number of imidazole rings is 1. The molecule has 19 heteroatoms. The quantitative estimate of drug-likeness (QED) is 0.191. The number of carbonyl (C=O) groups is 5. The van der Waals surface area contributed by atoms with E-state index in [-0.39, 0.29) is 46.6 Å². The average Bonchev–Trinajstić information content (AvgIpc) is 3.95. The number of hydrogen-bond acceptors (Lipinski definition) is 13. The second-order valence-corrected chi connectivity index (χ2v) is 18.3. The van der Waals surface area contributed by atoms with Crippen molar-refractivity contribution < 1.29 is 28.4 Å². The van der Waals surface area contributed by atoms with Crippen molar-refractivity contribution in [1.29, 1.82) is 0 Å². The van der Waals surface area contributed by atoms with Gasteiger partial charge in [0.25, 0.3) is 17.7 Å². The van der Waals surface area contributed by atoms with Crippen LogP contribution in [0.15, 0.2) is 67.1 Å². The van der Waals surface area contributed by atoms with Crippen molar-refractivity contribution in [2.24, 2.45) is 5.41 Å². The number of imide groups is 2. The Hall–Kier alpha value is -6.50. The first kappa shape index (κ1) is 40.3. The second-order valence-electron chi connectivity index (χ2n) is 17.9. The lowest BCUT2D eigenvalue weighted by Crippen LogP contribution is -2.64. The normalized spacial score (nSPS) is 22.6. The molecule has 6 aliphatic rings. The molecular weight excluding hydrogens is 843 g/mol. The van der Waals surface area contributed by atoms with Crippen molar-refractivity contribution in [3.05, 3.63) is 94.7 Å². The monoisotopic (exact) mass is 886 g/mol. The summed E-state index contributed by atoms with van der Waals surface area (Å²) in [5.74, 6) is -1.99. The molecule has 0 radical (unpaired) electrons. The molecule has 5 saturated heterocycles. The van der Waals surface area contributed by atoms with Crippen molar-refractivity contribution in [3.8, 4) is 11.3 Å². The molecule has 17 nitrogen and oxygen atoms in total. The number of nitrogen functional groups attached to an aromatic ring is 1. The fraction of sp³-hybridized carbons (Fsp3) is 0.378. The minimum Gasteiger partial charge on any atom is -0.382 e. The maximum atomic E-state index is 15.9. The third kappa shape index (κ3) is 6.82. The van der Waals surface area contributed by atoms with Crippen LogP contribution in [0.1, 0.15) is 63.2 Å². The van der Waals surface area contributed by atoms with Crippen molar-refractivity contribution in [2.75, 3.05) is 73.2 Å². The second kappa shape index (κ2) is 15.3. The van der Waals surface area contributed by atoms with E-state index in [9.17, 15) is 24.0 Å². The van der Waals surface area contributed by atoms with Crippen LogP contribution in [0, 0.1) is 11.2 Å². The van der Waals surface area contributed by atoms with Gasteiger partial charge in [0.15, 0.2) is 0 Å². The smallest absolute Gasteiger partial charge is 0.262 e. The first-order valence-electron chi connectivity index (χ1n) is 21.6. The largest absolute Gasteiger partial charge is 0.382 e. The molecule has 9 heterocycles. The number of hydrogen-bond donors (Lipinski definition) is 3. The van der Waals surface area contributed by atoms with Crippen LogP contribution in [0.4, 0.5) is 27.7 Å². The molecule has 6 aliphatic heterocycles. The van der Waals surface area contributed by atoms with E-state index >= 15 is 4.39 Å². The number of likely N-dealkylation sites (tertiary alicyclic amines) is 2. The number of amides is 5. The maximum Gasteiger partial charge on any atom is 0.262 e. The van der Waals surface area contributed by atoms with Gasteiger partial charge in [-0.3, -0.25) is 48.4 Å². The Labute approximate surface area is 371 Å². The van der Waals surface area contributed by atoms with Gasteiger partial charge >= 0.3 is 0 Å². The highest BCUT2D eigenvalue weighted by Crippen LogP contribution is 2.44. The van der Waals surface area contributed by atoms with Gasteiger partial charge in [-0.2, -0.15) is 0 Å². The lowest BCUT2D eigenvalue weighted by Gasteiger charge is -2.56. The number of anilines is 4. The van der Waals surface area contributed by atoms with E-state index in [2.05, 4.69) is 40.2 Å². The van der Waals surface area contributed by atoms with Gasteiger partial charge in [0.05, 0.1) is 11.1 Å². The molecule has 0 saturated carbocycles. The highest BCUT2D eigenvalue weighted by molar-refractivity contribution is 6.30. The van der Waals surface area contributed by atoms with E-state index in [1.807, 2.05) is 10.5 Å². The Morgan fingerprint density at radius 2 is 1.62 bits per heavy atom. The van der Waals surface area contributed by atoms with Gasteiger partial charge in [0, 0.05) is 111 Å². The van der Waals surface area contributed by atoms with Crippen LogP contribution in [0.3, 0.4) is 0 Å². The molecule has 0 bridgehead atoms. The fourth-order valence-corrected chi connectivity index (χ4v) is 10.7. The summed E-state index contributed by atoms with van der Waals surface area (Å²) in [5.41, 5.74) is 9.28. The molecule has 0 aliphatic carbocycles. The van der Waals surface area contributed by atoms with E-state index in [0.29, 0.717) is 39.8 Å². The maximum absolute atomic E-state index is 15.9. The Kier molecular flexibility index (Phi) is 9.66. The molecule has 3 aromatic heterocycles. The zero-order valence-electron chi connectivity index (χ0n) is 34.7. The molecular formula is C45H44ClFN12O5. The number of rotatable bonds is 8. The number of halogens is 2. The highest BCUT2D eigenvalue weighted by atomic mass is 35.5. The summed E-state index contributed by atoms with van der Waals surface area (Å²) >= 11 is 6.03. The standard InChI is InChI=1S/C45H44ClFN12O5/c46-26-7-11-49-35(18-26)51-40(61)25-1-3-31(33(47)17-25)37-38-39(48)50-12-16-58(38)44(53-37)54-14-9-45(10-15-54)23-57(24-45)28-8-13-55(20-28)29-21-56(22-29)27-2-4-30-32(19-27)43(64)59(42(30)63)34-5-6-36(60)52-41(34)62/h1-4,7,11-12,16-19,28-29,34H,5-6,8-10,13-15,20-24H2,(H2,48,50)(H,49,51,61)(H,52,60,62). The van der Waals surface area contributed by atoms with E-state index in [1.54, 1.807) is 36.7 Å². The molecule has 5 amide bonds. The Morgan fingerprint density at radius 1 is 0.844 bits per heavy atom. The van der Waals surface area contributed by atoms with Crippen molar-refractivity contribution in [2.45, 2.75) is 50.2 Å². The highest BCUT2D eigenvalue weighted by Gasteiger charge is 2.50. The molecule has 2 unspecified atom stereocenters. The third-order valence-electron chi connectivity index (χ3n) is 14.1. The summed E-state index contributed by atoms with van der Waals surface area (Å²) in [6.45, 7) is 7.39. The summed E-state index contributed by atoms with van der Waals surface area (Å²) in [6.07, 6.45) is 8.22. The predicted molar refractivity (Wildman–Crippen MR) is 235 cm³/mol. The molecule has 64 heavy (non-hydrogen) atoms. The summed E-state index contributed by atoms with van der Waals surface area (Å²) in [6, 6.07) is 12.6. The molecule has 1 spiro atoms. The first-order chi connectivity index (χ1) is 30.9. The average molecular weight is 887 g/mol. The zero-order valence-corrected chi connectivity index (χ0v) is 35.4. The fourth-order valence-electron chi connectivity index (χ4n) is 10.5. The van der Waals surface area contributed by atoms with Gasteiger partial charge in [-0.1, -0.05) is 11.6 Å². The number of carbonyl (C=O) groups excluding carboxylic acids is 5. The number of fused-ring (bicyclic) bond motifs is 2. The molecule has 328 valence electrons. The van der Waals surface area contributed by atoms with E-state index in [1.165, 1.54) is 24.4 Å². The summed E-state index contributed by atoms with van der Waals surface area (Å²) in [4.78, 5) is 87.6. The van der Waals surface area contributed by atoms with Gasteiger partial charge in [-0.15, -0.1) is 0 Å². The zero-order chi connectivity index (χ0) is 44.0. The van der Waals surface area contributed by atoms with Gasteiger partial charge in [0.2, 0.25) is 17.8 Å². The van der Waals surface area contributed by atoms with Gasteiger partial charge in [-0.05, 0) is 79.6 Å². The van der Waals surface area contributed by atoms with Crippen molar-refractivity contribution >= 4 is 69.9 Å². The third-order valence-corrected chi connectivity index (χ3v) is 14.3. The van der Waals surface area contributed by atoms with Crippen LogP contribution in [-0.4, -0.2) is 134 Å². The molecule has 11 rings (SSSR count). The minimum absolute atomic E-state index is 0.0839. The SMILES string of the molecule is Nc1nccn2c(N3CCC4(CC3)CN(C3CCN(C5CN(c6ccc7c(c6)C(=O)N(C6CCC(=O)NC6=O)C7=O)C5)C3)C4)nc(-c3ccc(C(=O)Nc4cc(Cl)ccn4)cc3F)c12. The molecule has 5 fully saturated rings. The number of benzene rings is 2. The Balaban J connectivity index is 0.690. The molecule has 2 aromatic carbocycles. The number of nitrogens with zero attached hydrogens (tertiary/aromatic N) is 9. The van der Waals surface area contributed by atoms with Gasteiger partial charge < -0.3 is 20.9 Å². The van der Waals surface area contributed by atoms with Crippen LogP contribution in [-0.2, 0) is 9.59 Å². The number of piperidine rings is 2. The van der Waals surface area contributed by atoms with E-state index < -0.39 is 41.4 Å². The van der Waals surface area contributed by atoms with Crippen LogP contribution in [0.2, 0.25) is 5.02 Å². The first-order valence-corrected chi connectivity index (χ1v) is 22.0. The van der Waals surface area contributed by atoms with Crippen LogP contribution < -0.4 is 26.2 Å². The Bertz CT molecular complexity index is 2800. The van der Waals surface area contributed by atoms with Crippen LogP contribution in [0.5, 0.6) is 0 Å². The lowest BCUT2D eigenvalue weighted by atomic mass is 9.71. The molecule has 4 N–H and O–H groups in total. The van der Waals surface area contributed by atoms with Crippen LogP contribution in [0.25, 0.3) is 16.8 Å². The van der Waals surface area contributed by atoms with E-state index in [0.717, 1.165) is 82.2 Å². The predicted octanol–water partition coefficient (Wildman–Crippen LogP) is 3.68. The Morgan fingerprint density at radius 3 is 2.39 bits per heavy atom. The van der Waals surface area contributed by atoms with E-state index in [4.69, 9.17) is 22.3 Å². The van der Waals surface area contributed by atoms with Crippen LogP contribution >= 0.6 is 11.6 Å². The van der Waals surface area contributed by atoms with Crippen molar-refractivity contribution in [3.63, 3.8) is 0 Å². The van der Waals surface area contributed by atoms with Gasteiger partial charge in [0.1, 0.15) is 34.7 Å².